The number of H-pyrrole nitrogens is 1. The van der Waals surface area contributed by atoms with Gasteiger partial charge in [0.15, 0.2) is 5.78 Å². The van der Waals surface area contributed by atoms with Gasteiger partial charge in [0, 0.05) is 5.69 Å². The first kappa shape index (κ1) is 14.9. The number of benzene rings is 1. The standard InChI is InChI=1S/C13H10F3NO4/c1-6(18)11-8(5-10(19)20)17-7-3-2-4-9(12(7)11)21-13(14,15)16/h2-4,17H,5H2,1H3,(H,19,20). The molecule has 0 spiro atoms. The second-order valence-electron chi connectivity index (χ2n) is 4.33. The molecule has 0 unspecified atom stereocenters. The molecule has 112 valence electrons. The fraction of sp³-hybridized carbons (Fsp3) is 0.231. The van der Waals surface area contributed by atoms with Crippen LogP contribution in [0.4, 0.5) is 13.2 Å². The molecular weight excluding hydrogens is 291 g/mol. The van der Waals surface area contributed by atoms with E-state index in [1.807, 2.05) is 0 Å². The summed E-state index contributed by atoms with van der Waals surface area (Å²) in [5.74, 6) is -2.30. The molecule has 0 atom stereocenters. The normalized spacial score (nSPS) is 11.6. The summed E-state index contributed by atoms with van der Waals surface area (Å²) in [6.07, 6.45) is -5.42. The molecule has 0 saturated heterocycles. The predicted molar refractivity (Wildman–Crippen MR) is 66.3 cm³/mol. The largest absolute Gasteiger partial charge is 0.573 e. The molecule has 0 radical (unpaired) electrons. The number of rotatable bonds is 4. The lowest BCUT2D eigenvalue weighted by atomic mass is 10.0. The van der Waals surface area contributed by atoms with Crippen molar-refractivity contribution in [1.82, 2.24) is 4.98 Å². The zero-order chi connectivity index (χ0) is 15.8. The van der Waals surface area contributed by atoms with Gasteiger partial charge in [0.2, 0.25) is 0 Å². The number of carboxylic acid groups (broad SMARTS) is 1. The summed E-state index contributed by atoms with van der Waals surface area (Å²) in [5, 5.41) is 8.74. The summed E-state index contributed by atoms with van der Waals surface area (Å²) < 4.78 is 41.1. The lowest BCUT2D eigenvalue weighted by Crippen LogP contribution is -2.17. The molecular formula is C13H10F3NO4. The number of ether oxygens (including phenoxy) is 1. The fourth-order valence-electron chi connectivity index (χ4n) is 2.15. The van der Waals surface area contributed by atoms with Crippen LogP contribution in [0.5, 0.6) is 5.75 Å². The summed E-state index contributed by atoms with van der Waals surface area (Å²) in [7, 11) is 0. The first-order chi connectivity index (χ1) is 9.69. The first-order valence-corrected chi connectivity index (χ1v) is 5.81. The number of aromatic amines is 1. The van der Waals surface area contributed by atoms with Crippen molar-refractivity contribution in [3.63, 3.8) is 0 Å². The third-order valence-corrected chi connectivity index (χ3v) is 2.77. The van der Waals surface area contributed by atoms with Crippen LogP contribution in [0, 0.1) is 0 Å². The Bertz CT molecular complexity index is 718. The quantitative estimate of drug-likeness (QED) is 0.851. The third kappa shape index (κ3) is 3.15. The van der Waals surface area contributed by atoms with Crippen LogP contribution in [0.2, 0.25) is 0 Å². The molecule has 2 aromatic rings. The minimum Gasteiger partial charge on any atom is -0.481 e. The number of hydrogen-bond acceptors (Lipinski definition) is 3. The van der Waals surface area contributed by atoms with Crippen molar-refractivity contribution in [2.75, 3.05) is 0 Å². The number of nitrogens with one attached hydrogen (secondary N) is 1. The number of carboxylic acids is 1. The van der Waals surface area contributed by atoms with E-state index in [0.29, 0.717) is 0 Å². The molecule has 0 aliphatic heterocycles. The van der Waals surface area contributed by atoms with E-state index in [1.165, 1.54) is 12.1 Å². The van der Waals surface area contributed by atoms with Gasteiger partial charge < -0.3 is 14.8 Å². The monoisotopic (exact) mass is 301 g/mol. The maximum Gasteiger partial charge on any atom is 0.573 e. The summed E-state index contributed by atoms with van der Waals surface area (Å²) >= 11 is 0. The predicted octanol–water partition coefficient (Wildman–Crippen LogP) is 2.90. The highest BCUT2D eigenvalue weighted by molar-refractivity contribution is 6.10. The van der Waals surface area contributed by atoms with Gasteiger partial charge in [-0.15, -0.1) is 13.2 Å². The van der Waals surface area contributed by atoms with Gasteiger partial charge in [-0.3, -0.25) is 9.59 Å². The Morgan fingerprint density at radius 2 is 2.00 bits per heavy atom. The Morgan fingerprint density at radius 1 is 1.33 bits per heavy atom. The lowest BCUT2D eigenvalue weighted by molar-refractivity contribution is -0.274. The smallest absolute Gasteiger partial charge is 0.481 e. The highest BCUT2D eigenvalue weighted by Crippen LogP contribution is 2.35. The molecule has 2 rings (SSSR count). The van der Waals surface area contributed by atoms with Crippen LogP contribution in [0.3, 0.4) is 0 Å². The van der Waals surface area contributed by atoms with Crippen molar-refractivity contribution in [3.8, 4) is 5.75 Å². The van der Waals surface area contributed by atoms with Gasteiger partial charge in [-0.1, -0.05) is 6.07 Å². The molecule has 8 heteroatoms. The molecule has 0 saturated carbocycles. The topological polar surface area (TPSA) is 79.4 Å². The molecule has 0 amide bonds. The Balaban J connectivity index is 2.70. The van der Waals surface area contributed by atoms with Gasteiger partial charge in [0.1, 0.15) is 5.75 Å². The molecule has 0 aliphatic rings. The van der Waals surface area contributed by atoms with E-state index >= 15 is 0 Å². The van der Waals surface area contributed by atoms with Crippen LogP contribution in [0.1, 0.15) is 23.0 Å². The number of carbonyl (C=O) groups excluding carboxylic acids is 1. The summed E-state index contributed by atoms with van der Waals surface area (Å²) in [5.41, 5.74) is 0.147. The number of carbonyl (C=O) groups is 2. The van der Waals surface area contributed by atoms with Crippen LogP contribution in [-0.2, 0) is 11.2 Å². The van der Waals surface area contributed by atoms with E-state index in [2.05, 4.69) is 9.72 Å². The molecule has 5 nitrogen and oxygen atoms in total. The average Bonchev–Trinajstić information content (AvgIpc) is 2.64. The van der Waals surface area contributed by atoms with E-state index in [4.69, 9.17) is 5.11 Å². The number of hydrogen-bond donors (Lipinski definition) is 2. The summed E-state index contributed by atoms with van der Waals surface area (Å²) in [6.45, 7) is 1.15. The minimum absolute atomic E-state index is 0.0447. The van der Waals surface area contributed by atoms with E-state index in [1.54, 1.807) is 0 Å². The average molecular weight is 301 g/mol. The van der Waals surface area contributed by atoms with Gasteiger partial charge in [-0.25, -0.2) is 0 Å². The first-order valence-electron chi connectivity index (χ1n) is 5.81. The zero-order valence-electron chi connectivity index (χ0n) is 10.7. The van der Waals surface area contributed by atoms with Crippen LogP contribution < -0.4 is 4.74 Å². The zero-order valence-corrected chi connectivity index (χ0v) is 10.7. The van der Waals surface area contributed by atoms with Crippen molar-refractivity contribution in [2.24, 2.45) is 0 Å². The van der Waals surface area contributed by atoms with Gasteiger partial charge >= 0.3 is 12.3 Å². The van der Waals surface area contributed by atoms with E-state index in [0.717, 1.165) is 13.0 Å². The minimum atomic E-state index is -4.91. The number of halogens is 3. The van der Waals surface area contributed by atoms with Crippen molar-refractivity contribution in [1.29, 1.82) is 0 Å². The maximum atomic E-state index is 12.4. The summed E-state index contributed by atoms with van der Waals surface area (Å²) in [4.78, 5) is 25.1. The maximum absolute atomic E-state index is 12.4. The Hall–Kier alpha value is -2.51. The Labute approximate surface area is 116 Å². The highest BCUT2D eigenvalue weighted by atomic mass is 19.4. The molecule has 0 bridgehead atoms. The van der Waals surface area contributed by atoms with Crippen molar-refractivity contribution in [3.05, 3.63) is 29.5 Å². The second kappa shape index (κ2) is 5.12. The number of alkyl halides is 3. The number of aliphatic carboxylic acids is 1. The molecule has 21 heavy (non-hydrogen) atoms. The summed E-state index contributed by atoms with van der Waals surface area (Å²) in [6, 6.07) is 3.82. The highest BCUT2D eigenvalue weighted by Gasteiger charge is 2.33. The van der Waals surface area contributed by atoms with Crippen LogP contribution in [0.25, 0.3) is 10.9 Å². The van der Waals surface area contributed by atoms with Gasteiger partial charge in [0.05, 0.1) is 22.9 Å². The van der Waals surface area contributed by atoms with E-state index < -0.39 is 30.3 Å². The number of fused-ring (bicyclic) bond motifs is 1. The molecule has 1 aromatic carbocycles. The number of Topliss-reactive ketones (excluding diaryl/α,β-unsaturated/α-hetero) is 1. The second-order valence-corrected chi connectivity index (χ2v) is 4.33. The van der Waals surface area contributed by atoms with Gasteiger partial charge in [-0.2, -0.15) is 0 Å². The molecule has 1 aromatic heterocycles. The van der Waals surface area contributed by atoms with Crippen molar-refractivity contribution < 1.29 is 32.6 Å². The van der Waals surface area contributed by atoms with Crippen LogP contribution in [-0.4, -0.2) is 28.2 Å². The molecule has 1 heterocycles. The van der Waals surface area contributed by atoms with Gasteiger partial charge in [-0.05, 0) is 19.1 Å². The molecule has 0 aliphatic carbocycles. The SMILES string of the molecule is CC(=O)c1c(CC(=O)O)[nH]c2cccc(OC(F)(F)F)c12. The Morgan fingerprint density at radius 3 is 2.52 bits per heavy atom. The lowest BCUT2D eigenvalue weighted by Gasteiger charge is -2.10. The Kier molecular flexibility index (Phi) is 3.63. The number of ketones is 1. The fourth-order valence-corrected chi connectivity index (χ4v) is 2.15. The van der Waals surface area contributed by atoms with Gasteiger partial charge in [0.25, 0.3) is 0 Å². The van der Waals surface area contributed by atoms with Crippen molar-refractivity contribution in [2.45, 2.75) is 19.7 Å². The molecule has 2 N–H and O–H groups in total. The molecule has 0 fully saturated rings. The van der Waals surface area contributed by atoms with Crippen LogP contribution >= 0.6 is 0 Å². The third-order valence-electron chi connectivity index (χ3n) is 2.77. The van der Waals surface area contributed by atoms with E-state index in [-0.39, 0.29) is 22.2 Å². The van der Waals surface area contributed by atoms with E-state index in [9.17, 15) is 22.8 Å². The van der Waals surface area contributed by atoms with Crippen molar-refractivity contribution >= 4 is 22.7 Å². The number of aromatic nitrogens is 1. The van der Waals surface area contributed by atoms with Crippen LogP contribution in [0.15, 0.2) is 18.2 Å².